The van der Waals surface area contributed by atoms with Crippen LogP contribution in [0.1, 0.15) is 12.1 Å². The molecule has 3 rings (SSSR count). The standard InChI is InChI=1S/C19H27N5O4/c1-23(2)10-14-11-24(22-21-14)9-13-8-16(19(27)18(13)26)20-17(25)12-28-15-6-4-3-5-7-15/h3-7,11,13,16,18-19,26-27H,8-10,12H2,1-2H3,(H,20,25)/t13-,16-,18-,19+/m1/s1. The Kier molecular flexibility index (Phi) is 6.61. The van der Waals surface area contributed by atoms with E-state index in [4.69, 9.17) is 4.74 Å². The van der Waals surface area contributed by atoms with E-state index in [9.17, 15) is 15.0 Å². The van der Waals surface area contributed by atoms with Crippen molar-refractivity contribution in [3.05, 3.63) is 42.2 Å². The van der Waals surface area contributed by atoms with Crippen molar-refractivity contribution < 1.29 is 19.7 Å². The van der Waals surface area contributed by atoms with E-state index in [1.54, 1.807) is 16.8 Å². The highest BCUT2D eigenvalue weighted by atomic mass is 16.5. The summed E-state index contributed by atoms with van der Waals surface area (Å²) in [5.74, 6) is 0.0290. The second-order valence-electron chi connectivity index (χ2n) is 7.42. The highest BCUT2D eigenvalue weighted by Gasteiger charge is 2.42. The quantitative estimate of drug-likeness (QED) is 0.565. The van der Waals surface area contributed by atoms with Gasteiger partial charge in [-0.1, -0.05) is 23.4 Å². The fraction of sp³-hybridized carbons (Fsp3) is 0.526. The topological polar surface area (TPSA) is 113 Å². The molecule has 152 valence electrons. The molecule has 0 unspecified atom stereocenters. The molecule has 1 saturated carbocycles. The van der Waals surface area contributed by atoms with Crippen molar-refractivity contribution >= 4 is 5.91 Å². The van der Waals surface area contributed by atoms with Crippen LogP contribution >= 0.6 is 0 Å². The predicted molar refractivity (Wildman–Crippen MR) is 101 cm³/mol. The van der Waals surface area contributed by atoms with Gasteiger partial charge in [0.15, 0.2) is 6.61 Å². The Morgan fingerprint density at radius 2 is 2.04 bits per heavy atom. The number of rotatable bonds is 8. The molecule has 2 aromatic rings. The summed E-state index contributed by atoms with van der Waals surface area (Å²) in [7, 11) is 3.90. The van der Waals surface area contributed by atoms with Crippen molar-refractivity contribution in [2.45, 2.75) is 37.8 Å². The lowest BCUT2D eigenvalue weighted by Gasteiger charge is -2.18. The van der Waals surface area contributed by atoms with Crippen molar-refractivity contribution in [1.29, 1.82) is 0 Å². The summed E-state index contributed by atoms with van der Waals surface area (Å²) in [6.07, 6.45) is 0.304. The molecule has 0 spiro atoms. The van der Waals surface area contributed by atoms with Crippen LogP contribution in [0.3, 0.4) is 0 Å². The minimum absolute atomic E-state index is 0.148. The van der Waals surface area contributed by atoms with Crippen LogP contribution in [0, 0.1) is 5.92 Å². The average molecular weight is 389 g/mol. The second-order valence-corrected chi connectivity index (χ2v) is 7.42. The number of aliphatic hydroxyl groups is 2. The van der Waals surface area contributed by atoms with Gasteiger partial charge in [0.25, 0.3) is 5.91 Å². The van der Waals surface area contributed by atoms with Gasteiger partial charge in [-0.25, -0.2) is 0 Å². The Morgan fingerprint density at radius 3 is 2.75 bits per heavy atom. The van der Waals surface area contributed by atoms with Crippen LogP contribution in [0.2, 0.25) is 0 Å². The summed E-state index contributed by atoms with van der Waals surface area (Å²) < 4.78 is 7.08. The first-order chi connectivity index (χ1) is 13.4. The van der Waals surface area contributed by atoms with Gasteiger partial charge in [-0.05, 0) is 32.6 Å². The maximum absolute atomic E-state index is 12.1. The van der Waals surface area contributed by atoms with E-state index in [2.05, 4.69) is 15.6 Å². The Balaban J connectivity index is 1.50. The third kappa shape index (κ3) is 5.28. The number of nitrogens with zero attached hydrogens (tertiary/aromatic N) is 4. The maximum Gasteiger partial charge on any atom is 0.258 e. The summed E-state index contributed by atoms with van der Waals surface area (Å²) in [4.78, 5) is 14.1. The maximum atomic E-state index is 12.1. The van der Waals surface area contributed by atoms with Crippen LogP contribution in [-0.4, -0.2) is 75.0 Å². The number of carbonyl (C=O) groups excluding carboxylic acids is 1. The van der Waals surface area contributed by atoms with Gasteiger partial charge >= 0.3 is 0 Å². The molecule has 28 heavy (non-hydrogen) atoms. The number of amides is 1. The van der Waals surface area contributed by atoms with Crippen LogP contribution in [0.15, 0.2) is 36.5 Å². The Morgan fingerprint density at radius 1 is 1.29 bits per heavy atom. The van der Waals surface area contributed by atoms with Crippen molar-refractivity contribution in [3.63, 3.8) is 0 Å². The first kappa shape index (κ1) is 20.2. The van der Waals surface area contributed by atoms with Gasteiger partial charge in [-0.2, -0.15) is 0 Å². The Hall–Kier alpha value is -2.49. The summed E-state index contributed by atoms with van der Waals surface area (Å²) in [6, 6.07) is 8.51. The van der Waals surface area contributed by atoms with Gasteiger partial charge in [0.1, 0.15) is 11.9 Å². The van der Waals surface area contributed by atoms with Crippen LogP contribution in [-0.2, 0) is 17.9 Å². The zero-order chi connectivity index (χ0) is 20.1. The fourth-order valence-electron chi connectivity index (χ4n) is 3.43. The molecule has 4 atom stereocenters. The third-order valence-corrected chi connectivity index (χ3v) is 4.75. The molecule has 3 N–H and O–H groups in total. The number of aliphatic hydroxyl groups excluding tert-OH is 2. The average Bonchev–Trinajstić information content (AvgIpc) is 3.20. The van der Waals surface area contributed by atoms with Crippen LogP contribution in [0.4, 0.5) is 0 Å². The zero-order valence-corrected chi connectivity index (χ0v) is 16.1. The number of hydrogen-bond acceptors (Lipinski definition) is 7. The van der Waals surface area contributed by atoms with Gasteiger partial charge in [0, 0.05) is 25.2 Å². The molecule has 0 radical (unpaired) electrons. The summed E-state index contributed by atoms with van der Waals surface area (Å²) in [6.45, 7) is 0.951. The van der Waals surface area contributed by atoms with Gasteiger partial charge in [-0.15, -0.1) is 5.10 Å². The van der Waals surface area contributed by atoms with E-state index in [0.29, 0.717) is 25.3 Å². The van der Waals surface area contributed by atoms with E-state index in [1.807, 2.05) is 43.4 Å². The first-order valence-electron chi connectivity index (χ1n) is 9.29. The molecule has 1 amide bonds. The fourth-order valence-corrected chi connectivity index (χ4v) is 3.43. The van der Waals surface area contributed by atoms with Gasteiger partial charge in [0.05, 0.1) is 17.8 Å². The molecular formula is C19H27N5O4. The monoisotopic (exact) mass is 389 g/mol. The van der Waals surface area contributed by atoms with Gasteiger partial charge in [-0.3, -0.25) is 9.48 Å². The Labute approximate surface area is 163 Å². The molecule has 0 aliphatic heterocycles. The lowest BCUT2D eigenvalue weighted by atomic mass is 10.1. The van der Waals surface area contributed by atoms with Crippen molar-refractivity contribution in [2.24, 2.45) is 5.92 Å². The number of ether oxygens (including phenoxy) is 1. The number of para-hydroxylation sites is 1. The lowest BCUT2D eigenvalue weighted by molar-refractivity contribution is -0.124. The molecule has 1 aromatic heterocycles. The molecule has 0 saturated heterocycles. The van der Waals surface area contributed by atoms with E-state index >= 15 is 0 Å². The van der Waals surface area contributed by atoms with E-state index in [0.717, 1.165) is 5.69 Å². The molecule has 1 aliphatic carbocycles. The largest absolute Gasteiger partial charge is 0.484 e. The van der Waals surface area contributed by atoms with Gasteiger partial charge in [0.2, 0.25) is 0 Å². The van der Waals surface area contributed by atoms with Crippen molar-refractivity contribution in [2.75, 3.05) is 20.7 Å². The van der Waals surface area contributed by atoms with Crippen molar-refractivity contribution in [3.8, 4) is 5.75 Å². The number of aromatic nitrogens is 3. The highest BCUT2D eigenvalue weighted by Crippen LogP contribution is 2.28. The number of nitrogens with one attached hydrogen (secondary N) is 1. The third-order valence-electron chi connectivity index (χ3n) is 4.75. The molecule has 1 fully saturated rings. The van der Waals surface area contributed by atoms with E-state index in [-0.39, 0.29) is 18.4 Å². The van der Waals surface area contributed by atoms with E-state index < -0.39 is 18.2 Å². The first-order valence-corrected chi connectivity index (χ1v) is 9.29. The molecule has 1 aliphatic rings. The molecule has 1 aromatic carbocycles. The molecule has 9 heteroatoms. The van der Waals surface area contributed by atoms with E-state index in [1.165, 1.54) is 0 Å². The summed E-state index contributed by atoms with van der Waals surface area (Å²) in [5.41, 5.74) is 0.834. The summed E-state index contributed by atoms with van der Waals surface area (Å²) in [5, 5.41) is 31.6. The molecular weight excluding hydrogens is 362 g/mol. The van der Waals surface area contributed by atoms with Crippen molar-refractivity contribution in [1.82, 2.24) is 25.2 Å². The Bertz CT molecular complexity index is 767. The van der Waals surface area contributed by atoms with Gasteiger partial charge < -0.3 is 25.2 Å². The number of benzene rings is 1. The number of carbonyl (C=O) groups is 1. The smallest absolute Gasteiger partial charge is 0.258 e. The normalized spacial score (nSPS) is 24.5. The summed E-state index contributed by atoms with van der Waals surface area (Å²) >= 11 is 0. The van der Waals surface area contributed by atoms with Crippen LogP contribution in [0.25, 0.3) is 0 Å². The minimum Gasteiger partial charge on any atom is -0.484 e. The number of hydrogen-bond donors (Lipinski definition) is 3. The predicted octanol–water partition coefficient (Wildman–Crippen LogP) is -0.355. The lowest BCUT2D eigenvalue weighted by Crippen LogP contribution is -2.44. The molecule has 9 nitrogen and oxygen atoms in total. The molecule has 0 bridgehead atoms. The minimum atomic E-state index is -1.03. The SMILES string of the molecule is CN(C)Cc1cn(C[C@H]2C[C@@H](NC(=O)COc3ccccc3)[C@H](O)[C@@H]2O)nn1. The highest BCUT2D eigenvalue weighted by molar-refractivity contribution is 5.78. The second kappa shape index (κ2) is 9.13. The van der Waals surface area contributed by atoms with Crippen LogP contribution in [0.5, 0.6) is 5.75 Å². The zero-order valence-electron chi connectivity index (χ0n) is 16.1. The molecule has 1 heterocycles. The van der Waals surface area contributed by atoms with Crippen LogP contribution < -0.4 is 10.1 Å².